The number of furan rings is 1. The lowest BCUT2D eigenvalue weighted by atomic mass is 10.2. The number of aryl methyl sites for hydroxylation is 1. The van der Waals surface area contributed by atoms with E-state index in [1.165, 1.54) is 0 Å². The first-order chi connectivity index (χ1) is 8.56. The minimum absolute atomic E-state index is 0.219. The molecule has 3 nitrogen and oxygen atoms in total. The zero-order valence-electron chi connectivity index (χ0n) is 9.64. The Morgan fingerprint density at radius 1 is 1.44 bits per heavy atom. The maximum Gasteiger partial charge on any atom is 0.339 e. The molecule has 1 aromatic heterocycles. The summed E-state index contributed by atoms with van der Waals surface area (Å²) < 4.78 is 5.39. The quantitative estimate of drug-likeness (QED) is 0.853. The average molecular weight is 283 g/mol. The topological polar surface area (TPSA) is 50.4 Å². The van der Waals surface area contributed by atoms with Crippen LogP contribution in [0.25, 0.3) is 0 Å². The largest absolute Gasteiger partial charge is 0.478 e. The summed E-state index contributed by atoms with van der Waals surface area (Å²) in [6.45, 7) is 1.65. The van der Waals surface area contributed by atoms with Crippen LogP contribution in [0, 0.1) is 6.92 Å². The molecular weight excluding hydrogens is 272 g/mol. The fourth-order valence-corrected chi connectivity index (χ4v) is 2.63. The maximum atomic E-state index is 10.9. The molecule has 0 fully saturated rings. The minimum atomic E-state index is -0.963. The highest BCUT2D eigenvalue weighted by molar-refractivity contribution is 7.98. The van der Waals surface area contributed by atoms with Crippen molar-refractivity contribution in [3.63, 3.8) is 0 Å². The number of carboxylic acid groups (broad SMARTS) is 1. The summed E-state index contributed by atoms with van der Waals surface area (Å²) in [6, 6.07) is 9.06. The van der Waals surface area contributed by atoms with Crippen LogP contribution in [-0.2, 0) is 5.75 Å². The third-order valence-corrected chi connectivity index (χ3v) is 3.63. The molecular formula is C13H11ClO3S. The SMILES string of the molecule is Cc1oc(CSc2cccc(Cl)c2)cc1C(=O)O. The molecule has 0 saturated carbocycles. The van der Waals surface area contributed by atoms with Gasteiger partial charge in [0.05, 0.1) is 5.75 Å². The summed E-state index contributed by atoms with van der Waals surface area (Å²) in [5.41, 5.74) is 0.219. The molecule has 0 unspecified atom stereocenters. The van der Waals surface area contributed by atoms with Gasteiger partial charge in [-0.1, -0.05) is 17.7 Å². The molecule has 18 heavy (non-hydrogen) atoms. The van der Waals surface area contributed by atoms with E-state index in [4.69, 9.17) is 21.1 Å². The van der Waals surface area contributed by atoms with Gasteiger partial charge in [0.1, 0.15) is 17.1 Å². The average Bonchev–Trinajstić information content (AvgIpc) is 2.68. The third-order valence-electron chi connectivity index (χ3n) is 2.38. The van der Waals surface area contributed by atoms with Crippen LogP contribution < -0.4 is 0 Å². The highest BCUT2D eigenvalue weighted by atomic mass is 35.5. The summed E-state index contributed by atoms with van der Waals surface area (Å²) in [7, 11) is 0. The van der Waals surface area contributed by atoms with Crippen molar-refractivity contribution >= 4 is 29.3 Å². The standard InChI is InChI=1S/C13H11ClO3S/c1-8-12(13(15)16)6-10(17-8)7-18-11-4-2-3-9(14)5-11/h2-6H,7H2,1H3,(H,15,16). The predicted molar refractivity (Wildman–Crippen MR) is 71.4 cm³/mol. The normalized spacial score (nSPS) is 10.6. The lowest BCUT2D eigenvalue weighted by Gasteiger charge is -1.99. The van der Waals surface area contributed by atoms with E-state index in [9.17, 15) is 4.79 Å². The molecule has 0 saturated heterocycles. The third kappa shape index (κ3) is 3.09. The van der Waals surface area contributed by atoms with Crippen molar-refractivity contribution in [1.82, 2.24) is 0 Å². The monoisotopic (exact) mass is 282 g/mol. The van der Waals surface area contributed by atoms with E-state index in [1.807, 2.05) is 24.3 Å². The van der Waals surface area contributed by atoms with Crippen LogP contribution in [0.5, 0.6) is 0 Å². The van der Waals surface area contributed by atoms with Gasteiger partial charge in [0.2, 0.25) is 0 Å². The molecule has 94 valence electrons. The van der Waals surface area contributed by atoms with Gasteiger partial charge < -0.3 is 9.52 Å². The first kappa shape index (κ1) is 13.1. The van der Waals surface area contributed by atoms with Crippen LogP contribution in [-0.4, -0.2) is 11.1 Å². The number of hydrogen-bond donors (Lipinski definition) is 1. The highest BCUT2D eigenvalue weighted by Gasteiger charge is 2.13. The van der Waals surface area contributed by atoms with Gasteiger partial charge in [-0.15, -0.1) is 11.8 Å². The number of halogens is 1. The Bertz CT molecular complexity index is 577. The van der Waals surface area contributed by atoms with Crippen LogP contribution in [0.2, 0.25) is 5.02 Å². The van der Waals surface area contributed by atoms with Gasteiger partial charge >= 0.3 is 5.97 Å². The van der Waals surface area contributed by atoms with Crippen molar-refractivity contribution in [3.8, 4) is 0 Å². The van der Waals surface area contributed by atoms with Gasteiger partial charge in [-0.05, 0) is 31.2 Å². The van der Waals surface area contributed by atoms with Crippen molar-refractivity contribution in [1.29, 1.82) is 0 Å². The Morgan fingerprint density at radius 3 is 2.83 bits per heavy atom. The molecule has 0 aliphatic heterocycles. The Kier molecular flexibility index (Phi) is 3.99. The second-order valence-electron chi connectivity index (χ2n) is 3.73. The molecule has 1 N–H and O–H groups in total. The first-order valence-electron chi connectivity index (χ1n) is 5.27. The van der Waals surface area contributed by atoms with E-state index in [1.54, 1.807) is 24.8 Å². The van der Waals surface area contributed by atoms with Crippen molar-refractivity contribution in [2.24, 2.45) is 0 Å². The Labute approximate surface area is 114 Å². The van der Waals surface area contributed by atoms with E-state index in [0.29, 0.717) is 22.3 Å². The number of hydrogen-bond acceptors (Lipinski definition) is 3. The lowest BCUT2D eigenvalue weighted by molar-refractivity contribution is 0.0695. The van der Waals surface area contributed by atoms with Crippen LogP contribution in [0.4, 0.5) is 0 Å². The molecule has 2 aromatic rings. The van der Waals surface area contributed by atoms with Gasteiger partial charge in [0.25, 0.3) is 0 Å². The number of thioether (sulfide) groups is 1. The molecule has 1 heterocycles. The highest BCUT2D eigenvalue weighted by Crippen LogP contribution is 2.27. The van der Waals surface area contributed by atoms with Gasteiger partial charge in [-0.2, -0.15) is 0 Å². The Balaban J connectivity index is 2.06. The van der Waals surface area contributed by atoms with Crippen LogP contribution in [0.15, 0.2) is 39.6 Å². The summed E-state index contributed by atoms with van der Waals surface area (Å²) >= 11 is 7.43. The molecule has 5 heteroatoms. The molecule has 0 aliphatic rings. The van der Waals surface area contributed by atoms with Crippen LogP contribution in [0.1, 0.15) is 21.9 Å². The van der Waals surface area contributed by atoms with Gasteiger partial charge in [-0.3, -0.25) is 0 Å². The number of carboxylic acids is 1. The van der Waals surface area contributed by atoms with Gasteiger partial charge in [0, 0.05) is 9.92 Å². The van der Waals surface area contributed by atoms with Crippen LogP contribution in [0.3, 0.4) is 0 Å². The zero-order valence-corrected chi connectivity index (χ0v) is 11.2. The van der Waals surface area contributed by atoms with E-state index in [-0.39, 0.29) is 5.56 Å². The fraction of sp³-hybridized carbons (Fsp3) is 0.154. The van der Waals surface area contributed by atoms with Gasteiger partial charge in [-0.25, -0.2) is 4.79 Å². The van der Waals surface area contributed by atoms with E-state index in [2.05, 4.69) is 0 Å². The lowest BCUT2D eigenvalue weighted by Crippen LogP contribution is -1.94. The van der Waals surface area contributed by atoms with E-state index in [0.717, 1.165) is 4.90 Å². The number of benzene rings is 1. The number of carbonyl (C=O) groups is 1. The van der Waals surface area contributed by atoms with E-state index >= 15 is 0 Å². The second-order valence-corrected chi connectivity index (χ2v) is 5.22. The maximum absolute atomic E-state index is 10.9. The van der Waals surface area contributed by atoms with Crippen molar-refractivity contribution in [2.75, 3.05) is 0 Å². The second kappa shape index (κ2) is 5.50. The zero-order chi connectivity index (χ0) is 13.1. The molecule has 0 amide bonds. The fourth-order valence-electron chi connectivity index (χ4n) is 1.54. The van der Waals surface area contributed by atoms with E-state index < -0.39 is 5.97 Å². The first-order valence-corrected chi connectivity index (χ1v) is 6.63. The van der Waals surface area contributed by atoms with Crippen LogP contribution >= 0.6 is 23.4 Å². The molecule has 0 spiro atoms. The van der Waals surface area contributed by atoms with Gasteiger partial charge in [0.15, 0.2) is 0 Å². The Hall–Kier alpha value is -1.39. The molecule has 0 aliphatic carbocycles. The molecule has 1 aromatic carbocycles. The molecule has 0 atom stereocenters. The predicted octanol–water partition coefficient (Wildman–Crippen LogP) is 4.23. The van der Waals surface area contributed by atoms with Crippen molar-refractivity contribution in [3.05, 3.63) is 52.4 Å². The Morgan fingerprint density at radius 2 is 2.22 bits per heavy atom. The smallest absolute Gasteiger partial charge is 0.339 e. The summed E-state index contributed by atoms with van der Waals surface area (Å²) in [5, 5.41) is 9.60. The summed E-state index contributed by atoms with van der Waals surface area (Å²) in [4.78, 5) is 11.9. The molecule has 2 rings (SSSR count). The van der Waals surface area contributed by atoms with Crippen molar-refractivity contribution < 1.29 is 14.3 Å². The molecule has 0 radical (unpaired) electrons. The van der Waals surface area contributed by atoms with Crippen molar-refractivity contribution in [2.45, 2.75) is 17.6 Å². The summed E-state index contributed by atoms with van der Waals surface area (Å²) in [6.07, 6.45) is 0. The minimum Gasteiger partial charge on any atom is -0.478 e. The number of rotatable bonds is 4. The summed E-state index contributed by atoms with van der Waals surface area (Å²) in [5.74, 6) is 0.698. The molecule has 0 bridgehead atoms. The number of aromatic carboxylic acids is 1.